The molecule has 0 spiro atoms. The highest BCUT2D eigenvalue weighted by atomic mass is 79.9. The molecule has 1 unspecified atom stereocenters. The summed E-state index contributed by atoms with van der Waals surface area (Å²) < 4.78 is 2.71. The zero-order chi connectivity index (χ0) is 14.1. The van der Waals surface area contributed by atoms with Crippen molar-refractivity contribution in [1.82, 2.24) is 19.4 Å². The number of rotatable bonds is 4. The first-order chi connectivity index (χ1) is 9.67. The first-order valence-electron chi connectivity index (χ1n) is 6.37. The van der Waals surface area contributed by atoms with Crippen LogP contribution >= 0.6 is 27.3 Å². The van der Waals surface area contributed by atoms with Gasteiger partial charge in [-0.05, 0) is 29.3 Å². The van der Waals surface area contributed by atoms with Gasteiger partial charge in [0.2, 0.25) is 0 Å². The molecule has 0 saturated carbocycles. The lowest BCUT2D eigenvalue weighted by molar-refractivity contribution is 0.857. The molecule has 0 aliphatic heterocycles. The van der Waals surface area contributed by atoms with E-state index >= 15 is 0 Å². The Morgan fingerprint density at radius 2 is 2.30 bits per heavy atom. The average Bonchev–Trinajstić information content (AvgIpc) is 3.06. The summed E-state index contributed by atoms with van der Waals surface area (Å²) in [6.07, 6.45) is 8.51. The quantitative estimate of drug-likeness (QED) is 0.778. The predicted octanol–water partition coefficient (Wildman–Crippen LogP) is 3.68. The van der Waals surface area contributed by atoms with Crippen molar-refractivity contribution in [1.29, 1.82) is 0 Å². The first-order valence-corrected chi connectivity index (χ1v) is 7.98. The van der Waals surface area contributed by atoms with Gasteiger partial charge in [0.25, 0.3) is 0 Å². The number of nitrogens with zero attached hydrogens (tertiary/aromatic N) is 4. The van der Waals surface area contributed by atoms with E-state index in [9.17, 15) is 0 Å². The standard InChI is InChI=1S/C13H14BrN5S/c1-3-9-6-16-13(20-9)8(2)17-11-12-15-4-5-19(12)7-10(14)18-11/h4-8H,3H2,1-2H3,(H,17,18). The zero-order valence-corrected chi connectivity index (χ0v) is 13.6. The van der Waals surface area contributed by atoms with E-state index in [1.54, 1.807) is 17.5 Å². The van der Waals surface area contributed by atoms with Gasteiger partial charge >= 0.3 is 0 Å². The van der Waals surface area contributed by atoms with Gasteiger partial charge in [0.1, 0.15) is 9.61 Å². The van der Waals surface area contributed by atoms with Crippen molar-refractivity contribution in [3.05, 3.63) is 39.3 Å². The Hall–Kier alpha value is -1.47. The number of hydrogen-bond donors (Lipinski definition) is 1. The molecule has 5 nitrogen and oxygen atoms in total. The molecule has 0 saturated heterocycles. The van der Waals surface area contributed by atoms with Crippen LogP contribution in [-0.2, 0) is 6.42 Å². The minimum absolute atomic E-state index is 0.0996. The van der Waals surface area contributed by atoms with Crippen molar-refractivity contribution < 1.29 is 0 Å². The Balaban J connectivity index is 1.90. The lowest BCUT2D eigenvalue weighted by Gasteiger charge is -2.12. The van der Waals surface area contributed by atoms with E-state index in [4.69, 9.17) is 0 Å². The van der Waals surface area contributed by atoms with E-state index in [-0.39, 0.29) is 6.04 Å². The van der Waals surface area contributed by atoms with Crippen molar-refractivity contribution >= 4 is 38.7 Å². The van der Waals surface area contributed by atoms with E-state index in [0.29, 0.717) is 0 Å². The Kier molecular flexibility index (Phi) is 3.71. The lowest BCUT2D eigenvalue weighted by atomic mass is 10.3. The summed E-state index contributed by atoms with van der Waals surface area (Å²) in [5, 5.41) is 4.45. The number of aryl methyl sites for hydroxylation is 1. The fourth-order valence-electron chi connectivity index (χ4n) is 1.95. The summed E-state index contributed by atoms with van der Waals surface area (Å²) in [6, 6.07) is 0.0996. The number of thiazole rings is 1. The van der Waals surface area contributed by atoms with Crippen LogP contribution in [0.5, 0.6) is 0 Å². The van der Waals surface area contributed by atoms with Crippen LogP contribution in [0.15, 0.2) is 29.4 Å². The van der Waals surface area contributed by atoms with Gasteiger partial charge in [0, 0.05) is 29.7 Å². The molecular formula is C13H14BrN5S. The Morgan fingerprint density at radius 3 is 3.05 bits per heavy atom. The van der Waals surface area contributed by atoms with E-state index < -0.39 is 0 Å². The molecule has 0 amide bonds. The van der Waals surface area contributed by atoms with Gasteiger partial charge in [-0.3, -0.25) is 0 Å². The van der Waals surface area contributed by atoms with Crippen molar-refractivity contribution in [2.45, 2.75) is 26.3 Å². The molecule has 3 aromatic heterocycles. The maximum Gasteiger partial charge on any atom is 0.180 e. The highest BCUT2D eigenvalue weighted by molar-refractivity contribution is 9.10. The molecule has 0 fully saturated rings. The van der Waals surface area contributed by atoms with Gasteiger partial charge < -0.3 is 9.72 Å². The summed E-state index contributed by atoms with van der Waals surface area (Å²) >= 11 is 5.15. The highest BCUT2D eigenvalue weighted by Gasteiger charge is 2.14. The first kappa shape index (κ1) is 13.5. The lowest BCUT2D eigenvalue weighted by Crippen LogP contribution is -2.09. The number of aromatic nitrogens is 4. The summed E-state index contributed by atoms with van der Waals surface area (Å²) in [5.74, 6) is 0.755. The molecule has 0 aliphatic carbocycles. The van der Waals surface area contributed by atoms with Crippen LogP contribution in [0, 0.1) is 0 Å². The third kappa shape index (κ3) is 2.55. The minimum Gasteiger partial charge on any atom is -0.358 e. The Labute approximate surface area is 129 Å². The molecule has 0 aromatic carbocycles. The number of imidazole rings is 1. The summed E-state index contributed by atoms with van der Waals surface area (Å²) in [7, 11) is 0. The molecule has 20 heavy (non-hydrogen) atoms. The maximum atomic E-state index is 4.47. The molecule has 3 heterocycles. The monoisotopic (exact) mass is 351 g/mol. The molecule has 7 heteroatoms. The van der Waals surface area contributed by atoms with Gasteiger partial charge in [-0.1, -0.05) is 6.92 Å². The number of hydrogen-bond acceptors (Lipinski definition) is 5. The number of halogens is 1. The minimum atomic E-state index is 0.0996. The second-order valence-corrected chi connectivity index (χ2v) is 6.41. The fourth-order valence-corrected chi connectivity index (χ4v) is 3.21. The molecule has 104 valence electrons. The van der Waals surface area contributed by atoms with Gasteiger partial charge in [0.15, 0.2) is 11.5 Å². The second kappa shape index (κ2) is 5.49. The molecule has 3 aromatic rings. The zero-order valence-electron chi connectivity index (χ0n) is 11.2. The molecule has 0 radical (unpaired) electrons. The number of anilines is 1. The smallest absolute Gasteiger partial charge is 0.180 e. The second-order valence-electron chi connectivity index (χ2n) is 4.45. The SMILES string of the molecule is CCc1cnc(C(C)Nc2nc(Br)cn3ccnc23)s1. The molecular weight excluding hydrogens is 338 g/mol. The van der Waals surface area contributed by atoms with Crippen LogP contribution < -0.4 is 5.32 Å². The molecule has 0 aliphatic rings. The third-order valence-electron chi connectivity index (χ3n) is 2.99. The topological polar surface area (TPSA) is 55.1 Å². The van der Waals surface area contributed by atoms with E-state index in [1.807, 2.05) is 23.0 Å². The van der Waals surface area contributed by atoms with Gasteiger partial charge in [-0.15, -0.1) is 11.3 Å². The van der Waals surface area contributed by atoms with Gasteiger partial charge in [-0.2, -0.15) is 0 Å². The summed E-state index contributed by atoms with van der Waals surface area (Å²) in [5.41, 5.74) is 0.812. The molecule has 3 rings (SSSR count). The normalized spacial score (nSPS) is 12.8. The molecule has 1 atom stereocenters. The Bertz CT molecular complexity index is 735. The van der Waals surface area contributed by atoms with Gasteiger partial charge in [-0.25, -0.2) is 15.0 Å². The summed E-state index contributed by atoms with van der Waals surface area (Å²) in [4.78, 5) is 14.5. The van der Waals surface area contributed by atoms with Crippen LogP contribution in [-0.4, -0.2) is 19.4 Å². The van der Waals surface area contributed by atoms with Crippen molar-refractivity contribution in [3.8, 4) is 0 Å². The predicted molar refractivity (Wildman–Crippen MR) is 84.2 cm³/mol. The number of fused-ring (bicyclic) bond motifs is 1. The van der Waals surface area contributed by atoms with Crippen molar-refractivity contribution in [2.75, 3.05) is 5.32 Å². The third-order valence-corrected chi connectivity index (χ3v) is 4.69. The maximum absolute atomic E-state index is 4.47. The average molecular weight is 352 g/mol. The largest absolute Gasteiger partial charge is 0.358 e. The number of nitrogens with one attached hydrogen (secondary N) is 1. The molecule has 1 N–H and O–H groups in total. The van der Waals surface area contributed by atoms with Crippen LogP contribution in [0.1, 0.15) is 29.8 Å². The van der Waals surface area contributed by atoms with Crippen LogP contribution in [0.2, 0.25) is 0 Å². The highest BCUT2D eigenvalue weighted by Crippen LogP contribution is 2.25. The van der Waals surface area contributed by atoms with Crippen molar-refractivity contribution in [2.24, 2.45) is 0 Å². The van der Waals surface area contributed by atoms with E-state index in [0.717, 1.165) is 27.5 Å². The van der Waals surface area contributed by atoms with Crippen molar-refractivity contribution in [3.63, 3.8) is 0 Å². The Morgan fingerprint density at radius 1 is 1.45 bits per heavy atom. The summed E-state index contributed by atoms with van der Waals surface area (Å²) in [6.45, 7) is 4.22. The molecule has 0 bridgehead atoms. The van der Waals surface area contributed by atoms with Crippen LogP contribution in [0.25, 0.3) is 5.65 Å². The van der Waals surface area contributed by atoms with E-state index in [1.165, 1.54) is 4.88 Å². The van der Waals surface area contributed by atoms with E-state index in [2.05, 4.69) is 50.0 Å². The fraction of sp³-hybridized carbons (Fsp3) is 0.308. The van der Waals surface area contributed by atoms with Crippen LogP contribution in [0.3, 0.4) is 0 Å². The van der Waals surface area contributed by atoms with Crippen LogP contribution in [0.4, 0.5) is 5.82 Å². The van der Waals surface area contributed by atoms with Gasteiger partial charge in [0.05, 0.1) is 6.04 Å².